The average Bonchev–Trinajstić information content (AvgIpc) is 1.38. The maximum absolute atomic E-state index is 8.11. The molecule has 0 aliphatic carbocycles. The first-order valence-corrected chi connectivity index (χ1v) is 2.17. The average molecular weight is 109 g/mol. The fourth-order valence-electron chi connectivity index (χ4n) is 0. The molecule has 2 N–H and O–H groups in total. The summed E-state index contributed by atoms with van der Waals surface area (Å²) < 4.78 is -0.560. The predicted molar refractivity (Wildman–Crippen MR) is 13.1 cm³/mol. The molecule has 0 rings (SSSR count). The summed E-state index contributed by atoms with van der Waals surface area (Å²) in [6.07, 6.45) is 0. The Bertz CT molecular complexity index is 21.6. The summed E-state index contributed by atoms with van der Waals surface area (Å²) in [5.41, 5.74) is 0. The Labute approximate surface area is 42.2 Å². The van der Waals surface area contributed by atoms with Crippen LogP contribution in [0.1, 0.15) is 0 Å². The van der Waals surface area contributed by atoms with Crippen LogP contribution >= 0.6 is 0 Å². The van der Waals surface area contributed by atoms with E-state index in [1.54, 1.807) is 0 Å². The molecule has 0 aromatic rings. The molecule has 29 valence electrons. The van der Waals surface area contributed by atoms with Crippen LogP contribution in [0.15, 0.2) is 0 Å². The van der Waals surface area contributed by atoms with Crippen LogP contribution in [0.4, 0.5) is 0 Å². The van der Waals surface area contributed by atoms with Crippen LogP contribution in [-0.4, -0.2) is 21.2 Å². The molecule has 1 unspecified atom stereocenters. The molecule has 0 spiro atoms. The van der Waals surface area contributed by atoms with Gasteiger partial charge in [-0.05, 0) is 0 Å². The molecule has 3 heteroatoms. The predicted octanol–water partition coefficient (Wildman–Crippen LogP) is -1.16. The topological polar surface area (TPSA) is 40.5 Å². The first kappa shape index (κ1) is 5.63. The van der Waals surface area contributed by atoms with Crippen molar-refractivity contribution in [2.45, 2.75) is 4.41 Å². The zero-order valence-electron chi connectivity index (χ0n) is 2.68. The third-order valence-electron chi connectivity index (χ3n) is 0.173. The van der Waals surface area contributed by atoms with Gasteiger partial charge in [0.1, 0.15) is 0 Å². The van der Waals surface area contributed by atoms with Crippen LogP contribution in [0.5, 0.6) is 0 Å². The van der Waals surface area contributed by atoms with E-state index < -0.39 is 4.41 Å². The number of aliphatic hydroxyl groups excluding tert-OH is 2. The van der Waals surface area contributed by atoms with E-state index in [-0.39, 0.29) is 6.61 Å². The van der Waals surface area contributed by atoms with Gasteiger partial charge < -0.3 is 0 Å². The van der Waals surface area contributed by atoms with Gasteiger partial charge in [-0.15, -0.1) is 0 Å². The number of hydrogen-bond acceptors (Lipinski definition) is 2. The van der Waals surface area contributed by atoms with E-state index in [4.69, 9.17) is 10.2 Å². The normalized spacial score (nSPS) is 14.6. The van der Waals surface area contributed by atoms with E-state index in [1.165, 1.54) is 20.4 Å². The van der Waals surface area contributed by atoms with Gasteiger partial charge in [0.15, 0.2) is 0 Å². The SMILES string of the molecule is OC[CH](O)[Ti]. The van der Waals surface area contributed by atoms with E-state index in [9.17, 15) is 0 Å². The standard InChI is InChI=1S/C2H5O2.Ti/c3-1-2-4;/h1,3-4H,2H2;. The van der Waals surface area contributed by atoms with Gasteiger partial charge in [-0.2, -0.15) is 0 Å². The Kier molecular flexibility index (Phi) is 3.21. The number of hydrogen-bond donors (Lipinski definition) is 2. The molecule has 0 saturated heterocycles. The third kappa shape index (κ3) is 4.63. The molecular formula is C2H5O2Ti. The molecule has 5 heavy (non-hydrogen) atoms. The third-order valence-corrected chi connectivity index (χ3v) is 0.458. The fraction of sp³-hybridized carbons (Fsp3) is 1.00. The first-order valence-electron chi connectivity index (χ1n) is 1.27. The Hall–Kier alpha value is 0.634. The zero-order chi connectivity index (χ0) is 4.28. The maximum atomic E-state index is 8.11. The Balaban J connectivity index is 2.54. The Morgan fingerprint density at radius 3 is 2.00 bits per heavy atom. The summed E-state index contributed by atoms with van der Waals surface area (Å²) in [5, 5.41) is 16.0. The van der Waals surface area contributed by atoms with Gasteiger partial charge in [0.05, 0.1) is 0 Å². The second kappa shape index (κ2) is 2.85. The van der Waals surface area contributed by atoms with Crippen molar-refractivity contribution >= 4 is 0 Å². The summed E-state index contributed by atoms with van der Waals surface area (Å²) in [6.45, 7) is -0.139. The molecule has 0 aliphatic heterocycles. The molecule has 0 aliphatic rings. The van der Waals surface area contributed by atoms with Gasteiger partial charge in [0.2, 0.25) is 0 Å². The molecule has 0 aromatic heterocycles. The second-order valence-corrected chi connectivity index (χ2v) is 1.74. The molecule has 0 fully saturated rings. The van der Waals surface area contributed by atoms with Crippen LogP contribution < -0.4 is 0 Å². The number of aliphatic hydroxyl groups is 2. The zero-order valence-corrected chi connectivity index (χ0v) is 4.24. The van der Waals surface area contributed by atoms with Crippen LogP contribution in [0.3, 0.4) is 0 Å². The first-order chi connectivity index (χ1) is 2.27. The van der Waals surface area contributed by atoms with Gasteiger partial charge in [-0.25, -0.2) is 0 Å². The Morgan fingerprint density at radius 1 is 1.80 bits per heavy atom. The minimum atomic E-state index is -0.560. The van der Waals surface area contributed by atoms with Gasteiger partial charge in [0, 0.05) is 0 Å². The van der Waals surface area contributed by atoms with Crippen molar-refractivity contribution in [1.29, 1.82) is 0 Å². The van der Waals surface area contributed by atoms with Crippen LogP contribution in [0.25, 0.3) is 0 Å². The van der Waals surface area contributed by atoms with E-state index in [0.29, 0.717) is 0 Å². The van der Waals surface area contributed by atoms with Crippen molar-refractivity contribution in [2.75, 3.05) is 6.61 Å². The number of rotatable bonds is 1. The van der Waals surface area contributed by atoms with Crippen LogP contribution in [0, 0.1) is 0 Å². The summed E-state index contributed by atoms with van der Waals surface area (Å²) in [6, 6.07) is 0. The second-order valence-electron chi connectivity index (χ2n) is 0.698. The van der Waals surface area contributed by atoms with Crippen molar-refractivity contribution in [2.24, 2.45) is 0 Å². The molecule has 0 aromatic carbocycles. The molecule has 0 radical (unpaired) electrons. The van der Waals surface area contributed by atoms with Gasteiger partial charge >= 0.3 is 41.7 Å². The van der Waals surface area contributed by atoms with E-state index in [1.807, 2.05) is 0 Å². The summed E-state index contributed by atoms with van der Waals surface area (Å²) in [4.78, 5) is 0. The van der Waals surface area contributed by atoms with E-state index in [2.05, 4.69) is 0 Å². The molecule has 0 amide bonds. The summed E-state index contributed by atoms with van der Waals surface area (Å²) in [5.74, 6) is 0. The quantitative estimate of drug-likeness (QED) is 0.417. The van der Waals surface area contributed by atoms with Crippen LogP contribution in [-0.2, 0) is 20.4 Å². The van der Waals surface area contributed by atoms with Gasteiger partial charge in [0.25, 0.3) is 0 Å². The summed E-state index contributed by atoms with van der Waals surface area (Å²) in [7, 11) is 0. The molecule has 1 atom stereocenters. The molecular weight excluding hydrogens is 104 g/mol. The van der Waals surface area contributed by atoms with Crippen LogP contribution in [0.2, 0.25) is 0 Å². The van der Waals surface area contributed by atoms with Crippen molar-refractivity contribution < 1.29 is 30.6 Å². The molecule has 0 saturated carbocycles. The van der Waals surface area contributed by atoms with Crippen molar-refractivity contribution in [3.63, 3.8) is 0 Å². The fourth-order valence-corrected chi connectivity index (χ4v) is 0. The molecule has 0 heterocycles. The van der Waals surface area contributed by atoms with E-state index in [0.717, 1.165) is 0 Å². The minimum absolute atomic E-state index is 0.139. The van der Waals surface area contributed by atoms with Gasteiger partial charge in [-0.1, -0.05) is 0 Å². The summed E-state index contributed by atoms with van der Waals surface area (Å²) >= 11 is 1.53. The molecule has 2 nitrogen and oxygen atoms in total. The van der Waals surface area contributed by atoms with E-state index >= 15 is 0 Å². The van der Waals surface area contributed by atoms with Crippen molar-refractivity contribution in [3.8, 4) is 0 Å². The van der Waals surface area contributed by atoms with Crippen molar-refractivity contribution in [1.82, 2.24) is 0 Å². The molecule has 0 bridgehead atoms. The van der Waals surface area contributed by atoms with Gasteiger partial charge in [-0.3, -0.25) is 0 Å². The monoisotopic (exact) mass is 109 g/mol. The van der Waals surface area contributed by atoms with Crippen molar-refractivity contribution in [3.05, 3.63) is 0 Å². The Morgan fingerprint density at radius 2 is 2.00 bits per heavy atom.